The van der Waals surface area contributed by atoms with Gasteiger partial charge in [-0.05, 0) is 18.1 Å². The highest BCUT2D eigenvalue weighted by Gasteiger charge is 2.08. The van der Waals surface area contributed by atoms with E-state index >= 15 is 0 Å². The van der Waals surface area contributed by atoms with E-state index in [9.17, 15) is 8.78 Å². The molecule has 0 aliphatic rings. The number of benzene rings is 1. The molecule has 1 heterocycles. The summed E-state index contributed by atoms with van der Waals surface area (Å²) in [5, 5.41) is 11.6. The number of hydrogen-bond acceptors (Lipinski definition) is 3. The van der Waals surface area contributed by atoms with E-state index in [1.165, 1.54) is 0 Å². The molecule has 0 unspecified atom stereocenters. The molecule has 0 saturated heterocycles. The summed E-state index contributed by atoms with van der Waals surface area (Å²) in [6.07, 6.45) is 2.41. The Morgan fingerprint density at radius 2 is 1.84 bits per heavy atom. The summed E-state index contributed by atoms with van der Waals surface area (Å²) in [5.74, 6) is -1.46. The SMILES string of the molecule is N#Cc1ccccc1CCNc1c(F)cncc1F. The van der Waals surface area contributed by atoms with Gasteiger partial charge < -0.3 is 5.32 Å². The lowest BCUT2D eigenvalue weighted by Crippen LogP contribution is -2.09. The van der Waals surface area contributed by atoms with Gasteiger partial charge in [0.1, 0.15) is 5.69 Å². The van der Waals surface area contributed by atoms with Crippen LogP contribution in [0.3, 0.4) is 0 Å². The monoisotopic (exact) mass is 259 g/mol. The van der Waals surface area contributed by atoms with Gasteiger partial charge in [-0.2, -0.15) is 5.26 Å². The Labute approximate surface area is 109 Å². The van der Waals surface area contributed by atoms with Crippen molar-refractivity contribution in [3.8, 4) is 6.07 Å². The standard InChI is InChI=1S/C14H11F2N3/c15-12-8-18-9-13(16)14(12)19-6-5-10-3-1-2-4-11(10)7-17/h1-4,8-9H,5-6H2,(H,18,19). The van der Waals surface area contributed by atoms with Crippen LogP contribution in [-0.4, -0.2) is 11.5 Å². The Morgan fingerprint density at radius 1 is 1.16 bits per heavy atom. The lowest BCUT2D eigenvalue weighted by Gasteiger charge is -2.08. The summed E-state index contributed by atoms with van der Waals surface area (Å²) in [5.41, 5.74) is 1.22. The van der Waals surface area contributed by atoms with E-state index in [4.69, 9.17) is 5.26 Å². The molecular weight excluding hydrogens is 248 g/mol. The van der Waals surface area contributed by atoms with Gasteiger partial charge in [-0.15, -0.1) is 0 Å². The zero-order valence-electron chi connectivity index (χ0n) is 10.0. The molecule has 19 heavy (non-hydrogen) atoms. The van der Waals surface area contributed by atoms with Crippen LogP contribution in [0.2, 0.25) is 0 Å². The number of nitrogens with zero attached hydrogens (tertiary/aromatic N) is 2. The van der Waals surface area contributed by atoms with Gasteiger partial charge in [-0.25, -0.2) is 8.78 Å². The van der Waals surface area contributed by atoms with Gasteiger partial charge in [0, 0.05) is 6.54 Å². The third kappa shape index (κ3) is 3.05. The number of halogens is 2. The molecule has 3 nitrogen and oxygen atoms in total. The van der Waals surface area contributed by atoms with Crippen LogP contribution in [0.1, 0.15) is 11.1 Å². The molecule has 5 heteroatoms. The van der Waals surface area contributed by atoms with E-state index in [0.717, 1.165) is 18.0 Å². The lowest BCUT2D eigenvalue weighted by molar-refractivity contribution is 0.578. The fourth-order valence-corrected chi connectivity index (χ4v) is 1.75. The molecular formula is C14H11F2N3. The van der Waals surface area contributed by atoms with Crippen LogP contribution >= 0.6 is 0 Å². The van der Waals surface area contributed by atoms with E-state index in [2.05, 4.69) is 16.4 Å². The second-order valence-corrected chi connectivity index (χ2v) is 3.92. The quantitative estimate of drug-likeness (QED) is 0.918. The van der Waals surface area contributed by atoms with Gasteiger partial charge in [0.25, 0.3) is 0 Å². The Hall–Kier alpha value is -2.48. The van der Waals surface area contributed by atoms with Crippen LogP contribution in [0.5, 0.6) is 0 Å². The minimum absolute atomic E-state index is 0.190. The second kappa shape index (κ2) is 5.91. The van der Waals surface area contributed by atoms with Crippen molar-refractivity contribution >= 4 is 5.69 Å². The highest BCUT2D eigenvalue weighted by molar-refractivity contribution is 5.45. The Kier molecular flexibility index (Phi) is 4.04. The molecule has 0 aliphatic heterocycles. The first-order valence-electron chi connectivity index (χ1n) is 5.73. The maximum atomic E-state index is 13.3. The van der Waals surface area contributed by atoms with Crippen molar-refractivity contribution in [2.24, 2.45) is 0 Å². The van der Waals surface area contributed by atoms with Gasteiger partial charge >= 0.3 is 0 Å². The largest absolute Gasteiger partial charge is 0.380 e. The Bertz CT molecular complexity index is 600. The number of nitrogens with one attached hydrogen (secondary N) is 1. The fraction of sp³-hybridized carbons (Fsp3) is 0.143. The molecule has 0 radical (unpaired) electrons. The summed E-state index contributed by atoms with van der Waals surface area (Å²) in [7, 11) is 0. The summed E-state index contributed by atoms with van der Waals surface area (Å²) in [6, 6.07) is 9.21. The fourth-order valence-electron chi connectivity index (χ4n) is 1.75. The van der Waals surface area contributed by atoms with Crippen molar-refractivity contribution in [2.45, 2.75) is 6.42 Å². The first-order chi connectivity index (χ1) is 9.22. The number of hydrogen-bond donors (Lipinski definition) is 1. The van der Waals surface area contributed by atoms with Crippen LogP contribution in [0.4, 0.5) is 14.5 Å². The first-order valence-corrected chi connectivity index (χ1v) is 5.73. The zero-order chi connectivity index (χ0) is 13.7. The molecule has 0 spiro atoms. The minimum atomic E-state index is -0.728. The summed E-state index contributed by atoms with van der Waals surface area (Å²) in [4.78, 5) is 3.41. The average Bonchev–Trinajstić information content (AvgIpc) is 2.42. The minimum Gasteiger partial charge on any atom is -0.380 e. The van der Waals surface area contributed by atoms with E-state index < -0.39 is 11.6 Å². The molecule has 1 N–H and O–H groups in total. The van der Waals surface area contributed by atoms with Crippen LogP contribution in [0, 0.1) is 23.0 Å². The van der Waals surface area contributed by atoms with Gasteiger partial charge in [0.2, 0.25) is 0 Å². The topological polar surface area (TPSA) is 48.7 Å². The van der Waals surface area contributed by atoms with E-state index in [1.54, 1.807) is 12.1 Å². The van der Waals surface area contributed by atoms with Crippen LogP contribution in [-0.2, 0) is 6.42 Å². The molecule has 0 amide bonds. The highest BCUT2D eigenvalue weighted by atomic mass is 19.1. The first kappa shape index (κ1) is 13.0. The second-order valence-electron chi connectivity index (χ2n) is 3.92. The van der Waals surface area contributed by atoms with Gasteiger partial charge in [0.05, 0.1) is 24.0 Å². The zero-order valence-corrected chi connectivity index (χ0v) is 10.0. The third-order valence-corrected chi connectivity index (χ3v) is 2.69. The number of aromatic nitrogens is 1. The highest BCUT2D eigenvalue weighted by Crippen LogP contribution is 2.16. The molecule has 1 aromatic heterocycles. The van der Waals surface area contributed by atoms with Gasteiger partial charge in [-0.3, -0.25) is 4.98 Å². The molecule has 0 fully saturated rings. The van der Waals surface area contributed by atoms with Crippen molar-refractivity contribution < 1.29 is 8.78 Å². The van der Waals surface area contributed by atoms with E-state index in [1.807, 2.05) is 12.1 Å². The molecule has 2 aromatic rings. The predicted octanol–water partition coefficient (Wildman–Crippen LogP) is 2.89. The maximum absolute atomic E-state index is 13.3. The normalized spacial score (nSPS) is 9.95. The number of nitriles is 1. The Balaban J connectivity index is 2.03. The maximum Gasteiger partial charge on any atom is 0.167 e. The molecule has 0 atom stereocenters. The van der Waals surface area contributed by atoms with Crippen LogP contribution < -0.4 is 5.32 Å². The molecule has 1 aromatic carbocycles. The van der Waals surface area contributed by atoms with Crippen molar-refractivity contribution in [1.29, 1.82) is 5.26 Å². The third-order valence-electron chi connectivity index (χ3n) is 2.69. The molecule has 0 aliphatic carbocycles. The molecule has 96 valence electrons. The van der Waals surface area contributed by atoms with E-state index in [0.29, 0.717) is 18.5 Å². The van der Waals surface area contributed by atoms with Crippen LogP contribution in [0.25, 0.3) is 0 Å². The van der Waals surface area contributed by atoms with Crippen LogP contribution in [0.15, 0.2) is 36.7 Å². The molecule has 2 rings (SSSR count). The number of anilines is 1. The van der Waals surface area contributed by atoms with Crippen molar-refractivity contribution in [3.05, 3.63) is 59.4 Å². The number of rotatable bonds is 4. The van der Waals surface area contributed by atoms with Crippen molar-refractivity contribution in [2.75, 3.05) is 11.9 Å². The van der Waals surface area contributed by atoms with E-state index in [-0.39, 0.29) is 5.69 Å². The lowest BCUT2D eigenvalue weighted by atomic mass is 10.1. The van der Waals surface area contributed by atoms with Crippen molar-refractivity contribution in [1.82, 2.24) is 4.98 Å². The molecule has 0 bridgehead atoms. The van der Waals surface area contributed by atoms with Gasteiger partial charge in [-0.1, -0.05) is 18.2 Å². The summed E-state index contributed by atoms with van der Waals surface area (Å²) < 4.78 is 26.6. The van der Waals surface area contributed by atoms with Crippen molar-refractivity contribution in [3.63, 3.8) is 0 Å². The van der Waals surface area contributed by atoms with Gasteiger partial charge in [0.15, 0.2) is 11.6 Å². The Morgan fingerprint density at radius 3 is 2.53 bits per heavy atom. The smallest absolute Gasteiger partial charge is 0.167 e. The average molecular weight is 259 g/mol. The molecule has 0 saturated carbocycles. The predicted molar refractivity (Wildman–Crippen MR) is 67.5 cm³/mol. The number of pyridine rings is 1. The summed E-state index contributed by atoms with van der Waals surface area (Å²) >= 11 is 0. The summed E-state index contributed by atoms with van der Waals surface area (Å²) in [6.45, 7) is 0.330.